The molecule has 5 nitrogen and oxygen atoms in total. The van der Waals surface area contributed by atoms with E-state index in [1.807, 2.05) is 72.8 Å². The first-order valence-electron chi connectivity index (χ1n) is 11.1. The third-order valence-electron chi connectivity index (χ3n) is 5.95. The van der Waals surface area contributed by atoms with Crippen LogP contribution in [0.5, 0.6) is 0 Å². The van der Waals surface area contributed by atoms with Gasteiger partial charge in [-0.15, -0.1) is 0 Å². The molecule has 0 saturated heterocycles. The molecule has 0 saturated carbocycles. The Balaban J connectivity index is 1.55. The van der Waals surface area contributed by atoms with Gasteiger partial charge in [-0.05, 0) is 34.0 Å². The number of amides is 1. The van der Waals surface area contributed by atoms with Crippen LogP contribution in [0.25, 0.3) is 21.9 Å². The number of nitrogens with one attached hydrogen (secondary N) is 2. The van der Waals surface area contributed by atoms with Crippen molar-refractivity contribution in [3.63, 3.8) is 0 Å². The van der Waals surface area contributed by atoms with E-state index in [1.165, 1.54) is 0 Å². The number of rotatable bonds is 6. The van der Waals surface area contributed by atoms with Crippen molar-refractivity contribution in [2.75, 3.05) is 5.73 Å². The van der Waals surface area contributed by atoms with Crippen LogP contribution in [0, 0.1) is 0 Å². The van der Waals surface area contributed by atoms with Gasteiger partial charge < -0.3 is 16.0 Å². The maximum atomic E-state index is 13.5. The summed E-state index contributed by atoms with van der Waals surface area (Å²) in [6, 6.07) is 30.4. The van der Waals surface area contributed by atoms with E-state index < -0.39 is 0 Å². The van der Waals surface area contributed by atoms with Gasteiger partial charge in [0.2, 0.25) is 5.78 Å². The molecule has 1 heterocycles. The highest BCUT2D eigenvalue weighted by Crippen LogP contribution is 2.34. The van der Waals surface area contributed by atoms with Gasteiger partial charge in [0.1, 0.15) is 5.82 Å². The number of benzene rings is 4. The minimum atomic E-state index is -0.353. The van der Waals surface area contributed by atoms with Crippen LogP contribution >= 0.6 is 15.9 Å². The van der Waals surface area contributed by atoms with Gasteiger partial charge >= 0.3 is 0 Å². The number of aromatic amines is 1. The number of aromatic nitrogens is 1. The Bertz CT molecular complexity index is 1550. The number of carbonyl (C=O) groups is 2. The minimum Gasteiger partial charge on any atom is -0.385 e. The van der Waals surface area contributed by atoms with E-state index >= 15 is 0 Å². The molecule has 4 N–H and O–H groups in total. The summed E-state index contributed by atoms with van der Waals surface area (Å²) in [5.74, 6) is -0.441. The Morgan fingerprint density at radius 1 is 0.857 bits per heavy atom. The molecule has 0 radical (unpaired) electrons. The zero-order valence-corrected chi connectivity index (χ0v) is 20.3. The largest absolute Gasteiger partial charge is 0.385 e. The fourth-order valence-electron chi connectivity index (χ4n) is 4.30. The van der Waals surface area contributed by atoms with Crippen LogP contribution < -0.4 is 11.1 Å². The number of nitrogens with two attached hydrogens (primary N) is 1. The molecule has 1 aromatic heterocycles. The third-order valence-corrected chi connectivity index (χ3v) is 6.44. The highest BCUT2D eigenvalue weighted by molar-refractivity contribution is 9.10. The molecule has 0 spiro atoms. The fraction of sp³-hybridized carbons (Fsp3) is 0.0345. The molecule has 0 atom stereocenters. The lowest BCUT2D eigenvalue weighted by Gasteiger charge is -2.11. The molecule has 4 aromatic carbocycles. The maximum Gasteiger partial charge on any atom is 0.255 e. The molecule has 0 aliphatic heterocycles. The number of fused-ring (bicyclic) bond motifs is 1. The summed E-state index contributed by atoms with van der Waals surface area (Å²) in [6.07, 6.45) is 0. The molecule has 6 heteroatoms. The Morgan fingerprint density at radius 3 is 2.37 bits per heavy atom. The van der Waals surface area contributed by atoms with Crippen LogP contribution in [-0.4, -0.2) is 16.7 Å². The standard InChI is InChI=1S/C29H22BrN3O2/c30-22-14-7-12-20(16-22)24-25(28(31)33-26(24)27(34)19-9-2-1-3-10-19)29(35)32-17-21-13-6-11-18-8-4-5-15-23(18)21/h1-16,33H,17,31H2,(H,32,35). The first-order chi connectivity index (χ1) is 17.0. The predicted octanol–water partition coefficient (Wildman–Crippen LogP) is 6.34. The maximum absolute atomic E-state index is 13.5. The normalized spacial score (nSPS) is 10.9. The second-order valence-corrected chi connectivity index (χ2v) is 9.11. The third kappa shape index (κ3) is 4.48. The second kappa shape index (κ2) is 9.60. The summed E-state index contributed by atoms with van der Waals surface area (Å²) in [5, 5.41) is 5.18. The Morgan fingerprint density at radius 2 is 1.57 bits per heavy atom. The van der Waals surface area contributed by atoms with E-state index in [2.05, 4.69) is 26.2 Å². The molecular weight excluding hydrogens is 502 g/mol. The molecule has 0 fully saturated rings. The van der Waals surface area contributed by atoms with Crippen molar-refractivity contribution in [3.8, 4) is 11.1 Å². The Labute approximate surface area is 211 Å². The van der Waals surface area contributed by atoms with Gasteiger partial charge in [-0.1, -0.05) is 101 Å². The molecular formula is C29H22BrN3O2. The van der Waals surface area contributed by atoms with Gasteiger partial charge in [0.15, 0.2) is 0 Å². The van der Waals surface area contributed by atoms with Crippen LogP contribution in [0.15, 0.2) is 102 Å². The van der Waals surface area contributed by atoms with Crippen LogP contribution in [0.3, 0.4) is 0 Å². The smallest absolute Gasteiger partial charge is 0.255 e. The molecule has 5 aromatic rings. The van der Waals surface area contributed by atoms with Gasteiger partial charge in [0.25, 0.3) is 5.91 Å². The number of hydrogen-bond donors (Lipinski definition) is 3. The Hall–Kier alpha value is -4.16. The number of halogens is 1. The summed E-state index contributed by atoms with van der Waals surface area (Å²) in [7, 11) is 0. The van der Waals surface area contributed by atoms with E-state index in [-0.39, 0.29) is 28.8 Å². The van der Waals surface area contributed by atoms with E-state index in [0.29, 0.717) is 23.2 Å². The average Bonchev–Trinajstić information content (AvgIpc) is 3.24. The molecule has 0 bridgehead atoms. The summed E-state index contributed by atoms with van der Waals surface area (Å²) < 4.78 is 0.829. The molecule has 0 aliphatic carbocycles. The quantitative estimate of drug-likeness (QED) is 0.227. The molecule has 35 heavy (non-hydrogen) atoms. The van der Waals surface area contributed by atoms with Crippen molar-refractivity contribution < 1.29 is 9.59 Å². The SMILES string of the molecule is Nc1[nH]c(C(=O)c2ccccc2)c(-c2cccc(Br)c2)c1C(=O)NCc1cccc2ccccc12. The van der Waals surface area contributed by atoms with Crippen molar-refractivity contribution >= 4 is 44.2 Å². The molecule has 5 rings (SSSR count). The number of carbonyl (C=O) groups excluding carboxylic acids is 2. The minimum absolute atomic E-state index is 0.148. The fourth-order valence-corrected chi connectivity index (χ4v) is 4.70. The molecule has 0 unspecified atom stereocenters. The number of anilines is 1. The first kappa shape index (κ1) is 22.6. The van der Waals surface area contributed by atoms with Crippen molar-refractivity contribution in [2.24, 2.45) is 0 Å². The van der Waals surface area contributed by atoms with Crippen LogP contribution in [-0.2, 0) is 6.54 Å². The van der Waals surface area contributed by atoms with Crippen molar-refractivity contribution in [3.05, 3.63) is 124 Å². The first-order valence-corrected chi connectivity index (χ1v) is 11.9. The lowest BCUT2D eigenvalue weighted by atomic mass is 9.96. The van der Waals surface area contributed by atoms with Gasteiger partial charge in [-0.25, -0.2) is 0 Å². The van der Waals surface area contributed by atoms with E-state index in [4.69, 9.17) is 5.73 Å². The van der Waals surface area contributed by atoms with Gasteiger partial charge in [-0.2, -0.15) is 0 Å². The van der Waals surface area contributed by atoms with Crippen LogP contribution in [0.4, 0.5) is 5.82 Å². The van der Waals surface area contributed by atoms with E-state index in [0.717, 1.165) is 20.8 Å². The van der Waals surface area contributed by atoms with Gasteiger partial charge in [0, 0.05) is 22.1 Å². The summed E-state index contributed by atoms with van der Waals surface area (Å²) in [6.45, 7) is 0.324. The summed E-state index contributed by atoms with van der Waals surface area (Å²) in [4.78, 5) is 29.9. The highest BCUT2D eigenvalue weighted by atomic mass is 79.9. The topological polar surface area (TPSA) is 88.0 Å². The van der Waals surface area contributed by atoms with Crippen LogP contribution in [0.1, 0.15) is 32.0 Å². The molecule has 172 valence electrons. The van der Waals surface area contributed by atoms with Crippen molar-refractivity contribution in [1.82, 2.24) is 10.3 Å². The number of ketones is 1. The van der Waals surface area contributed by atoms with Crippen molar-refractivity contribution in [1.29, 1.82) is 0 Å². The second-order valence-electron chi connectivity index (χ2n) is 8.19. The van der Waals surface area contributed by atoms with Crippen LogP contribution in [0.2, 0.25) is 0 Å². The lowest BCUT2D eigenvalue weighted by molar-refractivity contribution is 0.0952. The summed E-state index contributed by atoms with van der Waals surface area (Å²) >= 11 is 3.49. The number of H-pyrrole nitrogens is 1. The zero-order valence-electron chi connectivity index (χ0n) is 18.7. The zero-order chi connectivity index (χ0) is 24.4. The average molecular weight is 524 g/mol. The number of nitrogen functional groups attached to an aromatic ring is 1. The van der Waals surface area contributed by atoms with Gasteiger partial charge in [0.05, 0.1) is 11.3 Å². The number of hydrogen-bond acceptors (Lipinski definition) is 3. The lowest BCUT2D eigenvalue weighted by Crippen LogP contribution is -2.24. The van der Waals surface area contributed by atoms with Gasteiger partial charge in [-0.3, -0.25) is 9.59 Å². The summed E-state index contributed by atoms with van der Waals surface area (Å²) in [5.41, 5.74) is 9.54. The monoisotopic (exact) mass is 523 g/mol. The highest BCUT2D eigenvalue weighted by Gasteiger charge is 2.27. The Kier molecular flexibility index (Phi) is 6.21. The molecule has 1 amide bonds. The van der Waals surface area contributed by atoms with E-state index in [1.54, 1.807) is 24.3 Å². The van der Waals surface area contributed by atoms with E-state index in [9.17, 15) is 9.59 Å². The van der Waals surface area contributed by atoms with Crippen molar-refractivity contribution in [2.45, 2.75) is 6.54 Å². The molecule has 0 aliphatic rings. The predicted molar refractivity (Wildman–Crippen MR) is 143 cm³/mol.